The highest BCUT2D eigenvalue weighted by Gasteiger charge is 2.08. The monoisotopic (exact) mass is 374 g/mol. The second-order valence-electron chi connectivity index (χ2n) is 6.17. The Balaban J connectivity index is 1.31. The number of aryl methyl sites for hydroxylation is 1. The van der Waals surface area contributed by atoms with E-state index < -0.39 is 0 Å². The van der Waals surface area contributed by atoms with Gasteiger partial charge in [-0.05, 0) is 59.3 Å². The zero-order chi connectivity index (χ0) is 19.2. The van der Waals surface area contributed by atoms with E-state index in [0.717, 1.165) is 23.1 Å². The van der Waals surface area contributed by atoms with Crippen molar-refractivity contribution in [3.05, 3.63) is 72.1 Å². The van der Waals surface area contributed by atoms with Crippen LogP contribution in [0.2, 0.25) is 0 Å². The third-order valence-corrected chi connectivity index (χ3v) is 4.17. The highest BCUT2D eigenvalue weighted by molar-refractivity contribution is 6.04. The molecule has 0 aliphatic carbocycles. The van der Waals surface area contributed by atoms with E-state index >= 15 is 0 Å². The molecule has 0 aliphatic rings. The van der Waals surface area contributed by atoms with Crippen LogP contribution < -0.4 is 10.1 Å². The summed E-state index contributed by atoms with van der Waals surface area (Å²) in [4.78, 5) is 16.9. The quantitative estimate of drug-likeness (QED) is 0.482. The summed E-state index contributed by atoms with van der Waals surface area (Å²) in [6.07, 6.45) is 1.50. The molecular formula is C20H18N6O2. The van der Waals surface area contributed by atoms with Gasteiger partial charge in [-0.25, -0.2) is 10.1 Å². The molecule has 0 unspecified atom stereocenters. The fourth-order valence-corrected chi connectivity index (χ4v) is 2.74. The number of rotatable bonds is 7. The van der Waals surface area contributed by atoms with Crippen LogP contribution in [-0.4, -0.2) is 38.1 Å². The molecule has 1 amide bonds. The molecule has 28 heavy (non-hydrogen) atoms. The number of pyridine rings is 1. The molecule has 0 atom stereocenters. The largest absolute Gasteiger partial charge is 0.494 e. The van der Waals surface area contributed by atoms with Crippen LogP contribution in [-0.2, 0) is 6.42 Å². The maximum atomic E-state index is 12.4. The van der Waals surface area contributed by atoms with E-state index in [0.29, 0.717) is 30.2 Å². The first-order valence-corrected chi connectivity index (χ1v) is 8.90. The van der Waals surface area contributed by atoms with Gasteiger partial charge in [-0.2, -0.15) is 0 Å². The minimum absolute atomic E-state index is 0.216. The molecule has 0 saturated carbocycles. The number of fused-ring (bicyclic) bond motifs is 1. The van der Waals surface area contributed by atoms with Crippen LogP contribution in [0.3, 0.4) is 0 Å². The van der Waals surface area contributed by atoms with E-state index in [-0.39, 0.29) is 5.91 Å². The number of ether oxygens (including phenoxy) is 1. The van der Waals surface area contributed by atoms with Crippen molar-refractivity contribution in [2.45, 2.75) is 12.8 Å². The second-order valence-corrected chi connectivity index (χ2v) is 6.17. The van der Waals surface area contributed by atoms with Gasteiger partial charge >= 0.3 is 0 Å². The highest BCUT2D eigenvalue weighted by Crippen LogP contribution is 2.17. The zero-order valence-corrected chi connectivity index (χ0v) is 15.0. The molecule has 0 spiro atoms. The Morgan fingerprint density at radius 1 is 1.04 bits per heavy atom. The Morgan fingerprint density at radius 2 is 1.89 bits per heavy atom. The normalized spacial score (nSPS) is 10.7. The summed E-state index contributed by atoms with van der Waals surface area (Å²) in [5.74, 6) is 1.74. The van der Waals surface area contributed by atoms with Crippen LogP contribution in [0.1, 0.15) is 22.6 Å². The first-order chi connectivity index (χ1) is 13.8. The number of nitrogens with one attached hydrogen (secondary N) is 2. The summed E-state index contributed by atoms with van der Waals surface area (Å²) in [5.41, 5.74) is 1.38. The molecule has 2 aromatic carbocycles. The summed E-state index contributed by atoms with van der Waals surface area (Å²) < 4.78 is 5.68. The first kappa shape index (κ1) is 17.6. The lowest BCUT2D eigenvalue weighted by molar-refractivity contribution is 0.102. The Bertz CT molecular complexity index is 1060. The molecule has 0 saturated heterocycles. The minimum atomic E-state index is -0.216. The molecule has 0 radical (unpaired) electrons. The summed E-state index contributed by atoms with van der Waals surface area (Å²) in [5, 5.41) is 17.4. The molecule has 0 bridgehead atoms. The van der Waals surface area contributed by atoms with Crippen molar-refractivity contribution < 1.29 is 9.53 Å². The minimum Gasteiger partial charge on any atom is -0.494 e. The molecule has 0 aliphatic heterocycles. The number of carbonyl (C=O) groups excluding carboxylic acids is 1. The van der Waals surface area contributed by atoms with E-state index in [9.17, 15) is 4.79 Å². The predicted molar refractivity (Wildman–Crippen MR) is 104 cm³/mol. The number of aromatic nitrogens is 5. The van der Waals surface area contributed by atoms with E-state index in [1.807, 2.05) is 30.3 Å². The molecule has 8 heteroatoms. The van der Waals surface area contributed by atoms with Gasteiger partial charge in [-0.3, -0.25) is 4.79 Å². The SMILES string of the molecule is O=C(Nc1ccc2ccccc2n1)c1ccc(OCCCc2nnn[nH]2)cc1. The third kappa shape index (κ3) is 4.29. The number of benzene rings is 2. The van der Waals surface area contributed by atoms with Crippen molar-refractivity contribution in [1.82, 2.24) is 25.6 Å². The van der Waals surface area contributed by atoms with Gasteiger partial charge < -0.3 is 10.1 Å². The van der Waals surface area contributed by atoms with Crippen LogP contribution in [0.5, 0.6) is 5.75 Å². The Morgan fingerprint density at radius 3 is 2.71 bits per heavy atom. The maximum Gasteiger partial charge on any atom is 0.256 e. The number of tetrazole rings is 1. The summed E-state index contributed by atoms with van der Waals surface area (Å²) in [6.45, 7) is 0.535. The van der Waals surface area contributed by atoms with Gasteiger partial charge in [0.2, 0.25) is 0 Å². The van der Waals surface area contributed by atoms with Crippen LogP contribution in [0.15, 0.2) is 60.7 Å². The topological polar surface area (TPSA) is 106 Å². The van der Waals surface area contributed by atoms with Gasteiger partial charge in [0.05, 0.1) is 12.1 Å². The molecular weight excluding hydrogens is 356 g/mol. The van der Waals surface area contributed by atoms with E-state index in [1.165, 1.54) is 0 Å². The fraction of sp³-hybridized carbons (Fsp3) is 0.150. The summed E-state index contributed by atoms with van der Waals surface area (Å²) in [7, 11) is 0. The highest BCUT2D eigenvalue weighted by atomic mass is 16.5. The second kappa shape index (κ2) is 8.26. The van der Waals surface area contributed by atoms with Crippen molar-refractivity contribution >= 4 is 22.6 Å². The van der Waals surface area contributed by atoms with Gasteiger partial charge in [0, 0.05) is 17.4 Å². The van der Waals surface area contributed by atoms with Crippen LogP contribution in [0.4, 0.5) is 5.82 Å². The number of hydrogen-bond donors (Lipinski definition) is 2. The molecule has 2 N–H and O–H groups in total. The average molecular weight is 374 g/mol. The zero-order valence-electron chi connectivity index (χ0n) is 15.0. The number of para-hydroxylation sites is 1. The van der Waals surface area contributed by atoms with E-state index in [1.54, 1.807) is 30.3 Å². The lowest BCUT2D eigenvalue weighted by Gasteiger charge is -2.08. The van der Waals surface area contributed by atoms with Crippen LogP contribution in [0.25, 0.3) is 10.9 Å². The molecule has 140 valence electrons. The van der Waals surface area contributed by atoms with Gasteiger partial charge in [-0.15, -0.1) is 5.10 Å². The number of hydrogen-bond acceptors (Lipinski definition) is 6. The molecule has 4 rings (SSSR count). The van der Waals surface area contributed by atoms with Gasteiger partial charge in [0.25, 0.3) is 5.91 Å². The van der Waals surface area contributed by atoms with Crippen molar-refractivity contribution in [2.24, 2.45) is 0 Å². The number of aromatic amines is 1. The molecule has 0 fully saturated rings. The van der Waals surface area contributed by atoms with Gasteiger partial charge in [0.15, 0.2) is 0 Å². The van der Waals surface area contributed by atoms with E-state index in [4.69, 9.17) is 4.74 Å². The lowest BCUT2D eigenvalue weighted by atomic mass is 10.2. The maximum absolute atomic E-state index is 12.4. The van der Waals surface area contributed by atoms with Gasteiger partial charge in [0.1, 0.15) is 17.4 Å². The smallest absolute Gasteiger partial charge is 0.256 e. The Labute approximate surface area is 161 Å². The van der Waals surface area contributed by atoms with Crippen LogP contribution >= 0.6 is 0 Å². The van der Waals surface area contributed by atoms with Crippen molar-refractivity contribution in [2.75, 3.05) is 11.9 Å². The number of amides is 1. The van der Waals surface area contributed by atoms with Crippen molar-refractivity contribution in [3.63, 3.8) is 0 Å². The van der Waals surface area contributed by atoms with Crippen LogP contribution in [0, 0.1) is 0 Å². The standard InChI is InChI=1S/C20H18N6O2/c27-20(22-18-12-9-14-4-1-2-5-17(14)21-18)15-7-10-16(11-8-15)28-13-3-6-19-23-25-26-24-19/h1-2,4-5,7-12H,3,6,13H2,(H,21,22,27)(H,23,24,25,26). The number of nitrogens with zero attached hydrogens (tertiary/aromatic N) is 4. The molecule has 2 aromatic heterocycles. The number of anilines is 1. The lowest BCUT2D eigenvalue weighted by Crippen LogP contribution is -2.12. The molecule has 4 aromatic rings. The number of H-pyrrole nitrogens is 1. The Kier molecular flexibility index (Phi) is 5.19. The first-order valence-electron chi connectivity index (χ1n) is 8.90. The predicted octanol–water partition coefficient (Wildman–Crippen LogP) is 3.01. The van der Waals surface area contributed by atoms with Gasteiger partial charge in [-0.1, -0.05) is 18.2 Å². The average Bonchev–Trinajstić information content (AvgIpc) is 3.25. The van der Waals surface area contributed by atoms with Crippen molar-refractivity contribution in [1.29, 1.82) is 0 Å². The van der Waals surface area contributed by atoms with Crippen molar-refractivity contribution in [3.8, 4) is 5.75 Å². The molecule has 8 nitrogen and oxygen atoms in total. The summed E-state index contributed by atoms with van der Waals surface area (Å²) in [6, 6.07) is 18.5. The number of carbonyl (C=O) groups is 1. The van der Waals surface area contributed by atoms with E-state index in [2.05, 4.69) is 30.9 Å². The fourth-order valence-electron chi connectivity index (χ4n) is 2.74. The summed E-state index contributed by atoms with van der Waals surface area (Å²) >= 11 is 0. The molecule has 2 heterocycles. The third-order valence-electron chi connectivity index (χ3n) is 4.17. The Hall–Kier alpha value is -3.81.